The van der Waals surface area contributed by atoms with Crippen LogP contribution in [0.15, 0.2) is 66.7 Å². The Labute approximate surface area is 176 Å². The van der Waals surface area contributed by atoms with E-state index < -0.39 is 0 Å². The van der Waals surface area contributed by atoms with Crippen LogP contribution in [0.25, 0.3) is 22.0 Å². The lowest BCUT2D eigenvalue weighted by molar-refractivity contribution is 0.174. The molecule has 4 aromatic rings. The number of hydrogen-bond acceptors (Lipinski definition) is 2. The third kappa shape index (κ3) is 2.72. The average Bonchev–Trinajstić information content (AvgIpc) is 3.40. The fourth-order valence-electron chi connectivity index (χ4n) is 5.16. The van der Waals surface area contributed by atoms with Gasteiger partial charge in [0, 0.05) is 16.6 Å². The first-order valence-corrected chi connectivity index (χ1v) is 10.9. The number of aryl methyl sites for hydroxylation is 1. The minimum atomic E-state index is 0.311. The fraction of sp³-hybridized carbons (Fsp3) is 0.259. The summed E-state index contributed by atoms with van der Waals surface area (Å²) in [6.07, 6.45) is 4.89. The van der Waals surface area contributed by atoms with E-state index in [1.165, 1.54) is 59.0 Å². The Bertz CT molecular complexity index is 1240. The topological polar surface area (TPSA) is 23.4 Å². The molecule has 3 nitrogen and oxygen atoms in total. The molecule has 30 heavy (non-hydrogen) atoms. The molecule has 0 amide bonds. The zero-order chi connectivity index (χ0) is 20.1. The van der Waals surface area contributed by atoms with Gasteiger partial charge in [-0.25, -0.2) is 0 Å². The number of aromatic nitrogens is 1. The lowest BCUT2D eigenvalue weighted by Crippen LogP contribution is -2.13. The van der Waals surface area contributed by atoms with Crippen molar-refractivity contribution in [1.82, 2.24) is 4.57 Å². The smallest absolute Gasteiger partial charge is 0.231 e. The largest absolute Gasteiger partial charge is 0.454 e. The second-order valence-corrected chi connectivity index (χ2v) is 8.39. The van der Waals surface area contributed by atoms with Crippen molar-refractivity contribution in [3.8, 4) is 22.6 Å². The maximum atomic E-state index is 5.60. The highest BCUT2D eigenvalue weighted by Gasteiger charge is 2.24. The molecule has 0 fully saturated rings. The van der Waals surface area contributed by atoms with E-state index in [-0.39, 0.29) is 0 Å². The molecule has 2 aliphatic rings. The van der Waals surface area contributed by atoms with Crippen LogP contribution in [0.3, 0.4) is 0 Å². The summed E-state index contributed by atoms with van der Waals surface area (Å²) in [5.41, 5.74) is 8.19. The first-order chi connectivity index (χ1) is 14.8. The Hall–Kier alpha value is -3.20. The second kappa shape index (κ2) is 6.94. The van der Waals surface area contributed by atoms with Crippen molar-refractivity contribution in [3.63, 3.8) is 0 Å². The lowest BCUT2D eigenvalue weighted by atomic mass is 9.94. The van der Waals surface area contributed by atoms with Crippen molar-refractivity contribution < 1.29 is 9.47 Å². The minimum Gasteiger partial charge on any atom is -0.454 e. The molecule has 1 unspecified atom stereocenters. The van der Waals surface area contributed by atoms with Gasteiger partial charge in [0.2, 0.25) is 6.79 Å². The molecule has 0 saturated carbocycles. The van der Waals surface area contributed by atoms with Crippen LogP contribution in [-0.2, 0) is 12.8 Å². The monoisotopic (exact) mass is 395 g/mol. The van der Waals surface area contributed by atoms with Gasteiger partial charge in [0.15, 0.2) is 11.5 Å². The fourth-order valence-corrected chi connectivity index (χ4v) is 5.16. The van der Waals surface area contributed by atoms with Crippen LogP contribution in [0.1, 0.15) is 42.6 Å². The third-order valence-electron chi connectivity index (χ3n) is 6.69. The summed E-state index contributed by atoms with van der Waals surface area (Å²) < 4.78 is 13.7. The Balaban J connectivity index is 1.51. The summed E-state index contributed by atoms with van der Waals surface area (Å²) >= 11 is 0. The first-order valence-electron chi connectivity index (χ1n) is 10.9. The zero-order valence-electron chi connectivity index (χ0n) is 17.2. The van der Waals surface area contributed by atoms with Gasteiger partial charge >= 0.3 is 0 Å². The number of ether oxygens (including phenoxy) is 2. The second-order valence-electron chi connectivity index (χ2n) is 8.39. The van der Waals surface area contributed by atoms with Crippen molar-refractivity contribution in [3.05, 3.63) is 83.6 Å². The van der Waals surface area contributed by atoms with Gasteiger partial charge < -0.3 is 14.0 Å². The molecule has 1 atom stereocenters. The molecule has 3 heteroatoms. The molecular weight excluding hydrogens is 370 g/mol. The Kier molecular flexibility index (Phi) is 4.08. The van der Waals surface area contributed by atoms with Gasteiger partial charge in [-0.2, -0.15) is 0 Å². The highest BCUT2D eigenvalue weighted by Crippen LogP contribution is 2.40. The van der Waals surface area contributed by atoms with E-state index in [1.807, 2.05) is 6.07 Å². The quantitative estimate of drug-likeness (QED) is 0.394. The van der Waals surface area contributed by atoms with E-state index in [2.05, 4.69) is 72.2 Å². The van der Waals surface area contributed by atoms with Gasteiger partial charge in [-0.15, -0.1) is 0 Å². The Morgan fingerprint density at radius 1 is 0.800 bits per heavy atom. The van der Waals surface area contributed by atoms with Gasteiger partial charge in [-0.05, 0) is 79.1 Å². The average molecular weight is 396 g/mol. The van der Waals surface area contributed by atoms with Gasteiger partial charge in [0.05, 0.1) is 6.04 Å². The molecule has 0 bridgehead atoms. The number of hydrogen-bond donors (Lipinski definition) is 0. The zero-order valence-corrected chi connectivity index (χ0v) is 17.2. The van der Waals surface area contributed by atoms with Gasteiger partial charge in [0.25, 0.3) is 0 Å². The van der Waals surface area contributed by atoms with Crippen LogP contribution in [0.5, 0.6) is 11.5 Å². The van der Waals surface area contributed by atoms with Gasteiger partial charge in [-0.1, -0.05) is 42.5 Å². The van der Waals surface area contributed by atoms with Crippen molar-refractivity contribution in [1.29, 1.82) is 0 Å². The summed E-state index contributed by atoms with van der Waals surface area (Å²) in [5.74, 6) is 1.67. The van der Waals surface area contributed by atoms with Crippen molar-refractivity contribution in [2.24, 2.45) is 0 Å². The predicted octanol–water partition coefficient (Wildman–Crippen LogP) is 6.53. The summed E-state index contributed by atoms with van der Waals surface area (Å²) in [6.45, 7) is 2.64. The molecule has 0 N–H and O–H groups in total. The highest BCUT2D eigenvalue weighted by atomic mass is 16.7. The molecule has 0 spiro atoms. The Morgan fingerprint density at radius 2 is 1.57 bits per heavy atom. The Morgan fingerprint density at radius 3 is 2.47 bits per heavy atom. The molecule has 3 aromatic carbocycles. The number of benzene rings is 3. The molecule has 0 saturated heterocycles. The SMILES string of the molecule is CC(c1ccccc1)n1c2c(c3cc(-c4ccc5c(c4)OCO5)ccc31)CCCC2. The molecule has 2 heterocycles. The van der Waals surface area contributed by atoms with Crippen molar-refractivity contribution in [2.45, 2.75) is 38.6 Å². The van der Waals surface area contributed by atoms with Crippen LogP contribution >= 0.6 is 0 Å². The van der Waals surface area contributed by atoms with Crippen LogP contribution in [0.2, 0.25) is 0 Å². The van der Waals surface area contributed by atoms with Gasteiger partial charge in [-0.3, -0.25) is 0 Å². The predicted molar refractivity (Wildman–Crippen MR) is 120 cm³/mol. The molecule has 1 aliphatic carbocycles. The summed E-state index contributed by atoms with van der Waals surface area (Å²) in [5, 5.41) is 1.41. The molecule has 1 aromatic heterocycles. The number of rotatable bonds is 3. The molecule has 6 rings (SSSR count). The van der Waals surface area contributed by atoms with Crippen LogP contribution in [0, 0.1) is 0 Å². The van der Waals surface area contributed by atoms with Crippen LogP contribution in [-0.4, -0.2) is 11.4 Å². The standard InChI is InChI=1S/C27H25NO2/c1-18(19-7-3-2-4-8-19)28-24-10-6-5-9-22(24)23-15-20(11-13-25(23)28)21-12-14-26-27(16-21)30-17-29-26/h2-4,7-8,11-16,18H,5-6,9-10,17H2,1H3. The summed E-state index contributed by atoms with van der Waals surface area (Å²) in [7, 11) is 0. The van der Waals surface area contributed by atoms with Crippen molar-refractivity contribution >= 4 is 10.9 Å². The third-order valence-corrected chi connectivity index (χ3v) is 6.69. The van der Waals surface area contributed by atoms with E-state index >= 15 is 0 Å². The normalized spacial score (nSPS) is 15.9. The number of nitrogens with zero attached hydrogens (tertiary/aromatic N) is 1. The van der Waals surface area contributed by atoms with E-state index in [0.29, 0.717) is 12.8 Å². The maximum Gasteiger partial charge on any atom is 0.231 e. The van der Waals surface area contributed by atoms with Gasteiger partial charge in [0.1, 0.15) is 0 Å². The summed E-state index contributed by atoms with van der Waals surface area (Å²) in [4.78, 5) is 0. The van der Waals surface area contributed by atoms with E-state index in [0.717, 1.165) is 11.5 Å². The highest BCUT2D eigenvalue weighted by molar-refractivity contribution is 5.90. The minimum absolute atomic E-state index is 0.311. The summed E-state index contributed by atoms with van der Waals surface area (Å²) in [6, 6.07) is 24.4. The molecule has 150 valence electrons. The molecule has 1 aliphatic heterocycles. The van der Waals surface area contributed by atoms with Crippen molar-refractivity contribution in [2.75, 3.05) is 6.79 Å². The van der Waals surface area contributed by atoms with E-state index in [1.54, 1.807) is 5.56 Å². The molecular formula is C27H25NO2. The van der Waals surface area contributed by atoms with E-state index in [4.69, 9.17) is 9.47 Å². The van der Waals surface area contributed by atoms with E-state index in [9.17, 15) is 0 Å². The van der Waals surface area contributed by atoms with Crippen LogP contribution < -0.4 is 9.47 Å². The lowest BCUT2D eigenvalue weighted by Gasteiger charge is -2.22. The first kappa shape index (κ1) is 17.6. The molecule has 0 radical (unpaired) electrons. The van der Waals surface area contributed by atoms with Crippen LogP contribution in [0.4, 0.5) is 0 Å². The maximum absolute atomic E-state index is 5.60. The number of fused-ring (bicyclic) bond motifs is 4.